The molecule has 0 saturated carbocycles. The number of rotatable bonds is 5. The van der Waals surface area contributed by atoms with Crippen molar-refractivity contribution >= 4 is 38.4 Å². The minimum atomic E-state index is -3.44. The van der Waals surface area contributed by atoms with Crippen LogP contribution in [0.2, 0.25) is 0 Å². The molecule has 0 aromatic heterocycles. The summed E-state index contributed by atoms with van der Waals surface area (Å²) < 4.78 is 26.9. The Morgan fingerprint density at radius 1 is 1.41 bits per heavy atom. The van der Waals surface area contributed by atoms with E-state index in [4.69, 9.17) is 5.73 Å². The van der Waals surface area contributed by atoms with Crippen molar-refractivity contribution in [1.29, 1.82) is 0 Å². The second-order valence-electron chi connectivity index (χ2n) is 3.47. The molecule has 3 N–H and O–H groups in total. The van der Waals surface area contributed by atoms with Gasteiger partial charge >= 0.3 is 0 Å². The third-order valence-electron chi connectivity index (χ3n) is 2.05. The molecular weight excluding hydrogens is 328 g/mol. The highest BCUT2D eigenvalue weighted by molar-refractivity contribution is 9.10. The van der Waals surface area contributed by atoms with Gasteiger partial charge in [0, 0.05) is 11.0 Å². The molecule has 7 heteroatoms. The van der Waals surface area contributed by atoms with Crippen LogP contribution in [0, 0.1) is 6.92 Å². The van der Waals surface area contributed by atoms with E-state index >= 15 is 0 Å². The monoisotopic (exact) mass is 342 g/mol. The van der Waals surface area contributed by atoms with Crippen LogP contribution in [0.4, 0.5) is 0 Å². The highest BCUT2D eigenvalue weighted by Gasteiger charge is 2.16. The van der Waals surface area contributed by atoms with E-state index in [9.17, 15) is 8.42 Å². The normalized spacial score (nSPS) is 11.0. The van der Waals surface area contributed by atoms with Crippen molar-refractivity contribution in [3.8, 4) is 0 Å². The van der Waals surface area contributed by atoms with E-state index in [1.807, 2.05) is 13.0 Å². The fourth-order valence-electron chi connectivity index (χ4n) is 1.20. The fraction of sp³-hybridized carbons (Fsp3) is 0.400. The molecule has 98 valence electrons. The quantitative estimate of drug-likeness (QED) is 0.801. The van der Waals surface area contributed by atoms with Crippen molar-refractivity contribution in [2.24, 2.45) is 5.73 Å². The average Bonchev–Trinajstić information content (AvgIpc) is 2.22. The summed E-state index contributed by atoms with van der Waals surface area (Å²) in [7, 11) is -3.44. The van der Waals surface area contributed by atoms with Crippen molar-refractivity contribution in [3.05, 3.63) is 28.2 Å². The number of nitrogens with two attached hydrogens (primary N) is 1. The summed E-state index contributed by atoms with van der Waals surface area (Å²) in [4.78, 5) is 0.268. The molecule has 0 amide bonds. The third-order valence-corrected chi connectivity index (χ3v) is 4.50. The summed E-state index contributed by atoms with van der Waals surface area (Å²) in [6.07, 6.45) is 0.628. The predicted molar refractivity (Wildman–Crippen MR) is 75.0 cm³/mol. The maximum absolute atomic E-state index is 11.9. The van der Waals surface area contributed by atoms with Crippen molar-refractivity contribution in [2.45, 2.75) is 18.2 Å². The Kier molecular flexibility index (Phi) is 7.27. The molecular formula is C10H16BrClN2O2S. The standard InChI is InChI=1S/C10H15BrN2O2S.ClH/c1-8-3-4-9(11)10(7-8)16(14,15)13-6-2-5-12;/h3-4,7,13H,2,5-6,12H2,1H3;1H. The summed E-state index contributed by atoms with van der Waals surface area (Å²) in [5.41, 5.74) is 6.21. The van der Waals surface area contributed by atoms with Gasteiger partial charge in [0.05, 0.1) is 4.90 Å². The first kappa shape index (κ1) is 16.9. The van der Waals surface area contributed by atoms with Gasteiger partial charge in [-0.05, 0) is 53.5 Å². The first-order valence-electron chi connectivity index (χ1n) is 4.93. The van der Waals surface area contributed by atoms with E-state index in [-0.39, 0.29) is 17.3 Å². The van der Waals surface area contributed by atoms with E-state index in [0.29, 0.717) is 24.0 Å². The second kappa shape index (κ2) is 7.33. The molecule has 1 rings (SSSR count). The Labute approximate surface area is 117 Å². The van der Waals surface area contributed by atoms with Gasteiger partial charge in [-0.15, -0.1) is 12.4 Å². The molecule has 4 nitrogen and oxygen atoms in total. The molecule has 1 aromatic carbocycles. The van der Waals surface area contributed by atoms with Crippen LogP contribution in [0.5, 0.6) is 0 Å². The Morgan fingerprint density at radius 2 is 2.06 bits per heavy atom. The highest BCUT2D eigenvalue weighted by atomic mass is 79.9. The van der Waals surface area contributed by atoms with Gasteiger partial charge in [0.1, 0.15) is 0 Å². The molecule has 0 spiro atoms. The SMILES string of the molecule is Cc1ccc(Br)c(S(=O)(=O)NCCCN)c1.Cl. The zero-order chi connectivity index (χ0) is 12.2. The fourth-order valence-corrected chi connectivity index (χ4v) is 3.32. The van der Waals surface area contributed by atoms with Gasteiger partial charge in [0.25, 0.3) is 0 Å². The molecule has 0 atom stereocenters. The van der Waals surface area contributed by atoms with Crippen molar-refractivity contribution in [2.75, 3.05) is 13.1 Å². The van der Waals surface area contributed by atoms with E-state index < -0.39 is 10.0 Å². The number of nitrogens with one attached hydrogen (secondary N) is 1. The lowest BCUT2D eigenvalue weighted by Crippen LogP contribution is -2.26. The summed E-state index contributed by atoms with van der Waals surface area (Å²) in [5.74, 6) is 0. The number of benzene rings is 1. The van der Waals surface area contributed by atoms with E-state index in [2.05, 4.69) is 20.7 Å². The van der Waals surface area contributed by atoms with Gasteiger partial charge in [-0.1, -0.05) is 6.07 Å². The largest absolute Gasteiger partial charge is 0.330 e. The summed E-state index contributed by atoms with van der Waals surface area (Å²) >= 11 is 3.23. The van der Waals surface area contributed by atoms with Crippen LogP contribution in [0.15, 0.2) is 27.6 Å². The van der Waals surface area contributed by atoms with Gasteiger partial charge in [-0.2, -0.15) is 0 Å². The van der Waals surface area contributed by atoms with Crippen molar-refractivity contribution in [1.82, 2.24) is 4.72 Å². The number of hydrogen-bond acceptors (Lipinski definition) is 3. The predicted octanol–water partition coefficient (Wildman–Crippen LogP) is 1.81. The van der Waals surface area contributed by atoms with Crippen molar-refractivity contribution < 1.29 is 8.42 Å². The third kappa shape index (κ3) is 4.93. The molecule has 1 aromatic rings. The summed E-state index contributed by atoms with van der Waals surface area (Å²) in [5, 5.41) is 0. The van der Waals surface area contributed by atoms with Crippen LogP contribution in [-0.2, 0) is 10.0 Å². The van der Waals surface area contributed by atoms with Gasteiger partial charge in [-0.3, -0.25) is 0 Å². The zero-order valence-electron chi connectivity index (χ0n) is 9.44. The molecule has 0 bridgehead atoms. The lowest BCUT2D eigenvalue weighted by atomic mass is 10.2. The van der Waals surface area contributed by atoms with Gasteiger partial charge in [-0.25, -0.2) is 13.1 Å². The Morgan fingerprint density at radius 3 is 2.65 bits per heavy atom. The van der Waals surface area contributed by atoms with Crippen LogP contribution in [0.3, 0.4) is 0 Å². The Balaban J connectivity index is 0.00000256. The number of sulfonamides is 1. The van der Waals surface area contributed by atoms with E-state index in [1.54, 1.807) is 12.1 Å². The maximum atomic E-state index is 11.9. The lowest BCUT2D eigenvalue weighted by molar-refractivity contribution is 0.579. The van der Waals surface area contributed by atoms with Crippen LogP contribution in [0.1, 0.15) is 12.0 Å². The van der Waals surface area contributed by atoms with Crippen molar-refractivity contribution in [3.63, 3.8) is 0 Å². The Hall–Kier alpha value is -0.140. The number of halogens is 2. The van der Waals surface area contributed by atoms with Crippen LogP contribution < -0.4 is 10.5 Å². The lowest BCUT2D eigenvalue weighted by Gasteiger charge is -2.08. The van der Waals surface area contributed by atoms with Gasteiger partial charge in [0.2, 0.25) is 10.0 Å². The molecule has 0 aliphatic heterocycles. The topological polar surface area (TPSA) is 72.2 Å². The Bertz CT molecular complexity index is 465. The maximum Gasteiger partial charge on any atom is 0.241 e. The van der Waals surface area contributed by atoms with Gasteiger partial charge < -0.3 is 5.73 Å². The minimum absolute atomic E-state index is 0. The van der Waals surface area contributed by atoms with E-state index in [0.717, 1.165) is 5.56 Å². The molecule has 0 fully saturated rings. The first-order valence-corrected chi connectivity index (χ1v) is 7.21. The second-order valence-corrected chi connectivity index (χ2v) is 6.06. The van der Waals surface area contributed by atoms with Crippen LogP contribution in [0.25, 0.3) is 0 Å². The smallest absolute Gasteiger partial charge is 0.241 e. The molecule has 17 heavy (non-hydrogen) atoms. The van der Waals surface area contributed by atoms with Crippen LogP contribution in [-0.4, -0.2) is 21.5 Å². The molecule has 0 aliphatic rings. The van der Waals surface area contributed by atoms with E-state index in [1.165, 1.54) is 0 Å². The zero-order valence-corrected chi connectivity index (χ0v) is 12.7. The van der Waals surface area contributed by atoms with Gasteiger partial charge in [0.15, 0.2) is 0 Å². The highest BCUT2D eigenvalue weighted by Crippen LogP contribution is 2.22. The molecule has 0 heterocycles. The summed E-state index contributed by atoms with van der Waals surface area (Å²) in [6, 6.07) is 5.21. The minimum Gasteiger partial charge on any atom is -0.330 e. The molecule has 0 saturated heterocycles. The molecule has 0 radical (unpaired) electrons. The first-order chi connectivity index (χ1) is 7.47. The molecule has 0 aliphatic carbocycles. The molecule has 0 unspecified atom stereocenters. The van der Waals surface area contributed by atoms with Crippen LogP contribution >= 0.6 is 28.3 Å². The number of aryl methyl sites for hydroxylation is 1. The number of hydrogen-bond donors (Lipinski definition) is 2. The average molecular weight is 344 g/mol. The summed E-state index contributed by atoms with van der Waals surface area (Å²) in [6.45, 7) is 2.68.